The van der Waals surface area contributed by atoms with Gasteiger partial charge in [-0.25, -0.2) is 4.98 Å². The molecule has 0 atom stereocenters. The van der Waals surface area contributed by atoms with Crippen molar-refractivity contribution in [3.63, 3.8) is 0 Å². The Morgan fingerprint density at radius 1 is 0.465 bits per heavy atom. The topological polar surface area (TPSA) is 27.1 Å². The summed E-state index contributed by atoms with van der Waals surface area (Å²) in [6.45, 7) is 2.05. The average Bonchev–Trinajstić information content (AvgIpc) is 3.41. The molecule has 9 rings (SSSR count). The first kappa shape index (κ1) is 24.0. The summed E-state index contributed by atoms with van der Waals surface area (Å²) >= 11 is 0. The van der Waals surface area contributed by atoms with E-state index in [4.69, 9.17) is 9.72 Å². The first-order chi connectivity index (χ1) is 21.2. The highest BCUT2D eigenvalue weighted by molar-refractivity contribution is 5.92. The number of hydrogen-bond acceptors (Lipinski definition) is 2. The highest BCUT2D eigenvalue weighted by Gasteiger charge is 2.23. The maximum Gasteiger partial charge on any atom is 0.153 e. The van der Waals surface area contributed by atoms with Crippen molar-refractivity contribution in [2.75, 3.05) is 0 Å². The van der Waals surface area contributed by atoms with Crippen LogP contribution in [0.3, 0.4) is 0 Å². The Hall–Kier alpha value is -5.67. The zero-order chi connectivity index (χ0) is 28.5. The van der Waals surface area contributed by atoms with E-state index in [-0.39, 0.29) is 0 Å². The van der Waals surface area contributed by atoms with E-state index in [9.17, 15) is 0 Å². The molecule has 1 aromatic heterocycles. The van der Waals surface area contributed by atoms with Crippen LogP contribution in [0.25, 0.3) is 71.6 Å². The van der Waals surface area contributed by atoms with E-state index in [2.05, 4.69) is 133 Å². The van der Waals surface area contributed by atoms with Gasteiger partial charge in [0.05, 0.1) is 11.2 Å². The second-order valence-electron chi connectivity index (χ2n) is 11.3. The van der Waals surface area contributed by atoms with Crippen LogP contribution in [0, 0.1) is 6.92 Å². The van der Waals surface area contributed by atoms with Crippen LogP contribution in [0.5, 0.6) is 11.5 Å². The molecule has 3 heteroatoms. The minimum atomic E-state index is 0.835. The summed E-state index contributed by atoms with van der Waals surface area (Å²) in [4.78, 5) is 4.78. The van der Waals surface area contributed by atoms with Gasteiger partial charge in [0.15, 0.2) is 11.5 Å². The van der Waals surface area contributed by atoms with E-state index in [0.717, 1.165) is 45.2 Å². The number of benzene rings is 7. The molecule has 1 aliphatic heterocycles. The number of aryl methyl sites for hydroxylation is 1. The molecule has 7 aromatic carbocycles. The third-order valence-electron chi connectivity index (χ3n) is 8.66. The lowest BCUT2D eigenvalue weighted by molar-refractivity contribution is 0.475. The fraction of sp³-hybridized carbons (Fsp3) is 0.0250. The minimum absolute atomic E-state index is 0.835. The zero-order valence-corrected chi connectivity index (χ0v) is 23.6. The first-order valence-corrected chi connectivity index (χ1v) is 14.6. The molecule has 0 unspecified atom stereocenters. The average molecular weight is 551 g/mol. The van der Waals surface area contributed by atoms with Gasteiger partial charge >= 0.3 is 0 Å². The number of hydrogen-bond donors (Lipinski definition) is 0. The van der Waals surface area contributed by atoms with Gasteiger partial charge in [0, 0.05) is 0 Å². The van der Waals surface area contributed by atoms with Gasteiger partial charge in [0.1, 0.15) is 11.3 Å². The minimum Gasteiger partial charge on any atom is -0.453 e. The highest BCUT2D eigenvalue weighted by Crippen LogP contribution is 2.43. The van der Waals surface area contributed by atoms with E-state index >= 15 is 0 Å². The summed E-state index contributed by atoms with van der Waals surface area (Å²) in [5.41, 5.74) is 10.0. The van der Waals surface area contributed by atoms with E-state index in [1.807, 2.05) is 18.2 Å². The molecule has 0 N–H and O–H groups in total. The highest BCUT2D eigenvalue weighted by atomic mass is 16.5. The maximum absolute atomic E-state index is 6.49. The van der Waals surface area contributed by atoms with Crippen LogP contribution in [-0.4, -0.2) is 9.55 Å². The lowest BCUT2D eigenvalue weighted by Gasteiger charge is -2.21. The maximum atomic E-state index is 6.49. The largest absolute Gasteiger partial charge is 0.453 e. The quantitative estimate of drug-likeness (QED) is 0.219. The Morgan fingerprint density at radius 3 is 1.65 bits per heavy atom. The monoisotopic (exact) mass is 550 g/mol. The van der Waals surface area contributed by atoms with Gasteiger partial charge < -0.3 is 4.74 Å². The summed E-state index contributed by atoms with van der Waals surface area (Å²) in [5, 5.41) is 4.96. The molecular formula is C40H26N2O. The number of nitrogens with zero attached hydrogens (tertiary/aromatic N) is 2. The molecule has 8 aromatic rings. The van der Waals surface area contributed by atoms with Crippen LogP contribution < -0.4 is 4.74 Å². The normalized spacial score (nSPS) is 12.0. The molecule has 0 aliphatic carbocycles. The predicted octanol–water partition coefficient (Wildman–Crippen LogP) is 10.7. The van der Waals surface area contributed by atoms with Crippen molar-refractivity contribution >= 4 is 32.6 Å². The molecular weight excluding hydrogens is 524 g/mol. The lowest BCUT2D eigenvalue weighted by atomic mass is 9.91. The van der Waals surface area contributed by atoms with Gasteiger partial charge in [-0.1, -0.05) is 84.9 Å². The first-order valence-electron chi connectivity index (χ1n) is 14.6. The summed E-state index contributed by atoms with van der Waals surface area (Å²) in [7, 11) is 0. The van der Waals surface area contributed by atoms with Crippen molar-refractivity contribution in [3.05, 3.63) is 145 Å². The Morgan fingerprint density at radius 2 is 1.02 bits per heavy atom. The Kier molecular flexibility index (Phi) is 5.11. The second-order valence-corrected chi connectivity index (χ2v) is 11.3. The van der Waals surface area contributed by atoms with Crippen molar-refractivity contribution in [1.82, 2.24) is 9.55 Å². The van der Waals surface area contributed by atoms with E-state index < -0.39 is 0 Å². The number of imidazole rings is 1. The van der Waals surface area contributed by atoms with Crippen LogP contribution >= 0.6 is 0 Å². The van der Waals surface area contributed by atoms with Crippen molar-refractivity contribution < 1.29 is 4.74 Å². The van der Waals surface area contributed by atoms with Gasteiger partial charge in [-0.05, 0) is 116 Å². The molecule has 0 saturated heterocycles. The SMILES string of the molecule is Cc1nc2cccc3c2n1-c1ccc(-c2cc(-c4ccc5ccccc5c4)cc(-c4ccc5ccccc5c4)c2)cc1O3. The summed E-state index contributed by atoms with van der Waals surface area (Å²) in [5.74, 6) is 2.63. The molecule has 0 amide bonds. The van der Waals surface area contributed by atoms with E-state index in [0.29, 0.717) is 0 Å². The predicted molar refractivity (Wildman–Crippen MR) is 177 cm³/mol. The van der Waals surface area contributed by atoms with E-state index in [1.54, 1.807) is 0 Å². The van der Waals surface area contributed by atoms with E-state index in [1.165, 1.54) is 43.8 Å². The standard InChI is InChI=1S/C40H26N2O/c1-25-41-36-11-6-12-38-40(36)42(25)37-18-17-32(24-39(37)43-38)35-22-33(30-15-13-26-7-2-4-9-28(26)19-30)21-34(23-35)31-16-14-27-8-3-5-10-29(27)20-31/h2-24H,1H3. The van der Waals surface area contributed by atoms with Gasteiger partial charge in [0.25, 0.3) is 0 Å². The van der Waals surface area contributed by atoms with Crippen LogP contribution in [0.1, 0.15) is 5.82 Å². The fourth-order valence-corrected chi connectivity index (χ4v) is 6.53. The molecule has 1 aliphatic rings. The van der Waals surface area contributed by atoms with Crippen molar-refractivity contribution in [2.24, 2.45) is 0 Å². The van der Waals surface area contributed by atoms with Gasteiger partial charge in [0.2, 0.25) is 0 Å². The molecule has 43 heavy (non-hydrogen) atoms. The van der Waals surface area contributed by atoms with Crippen molar-refractivity contribution in [1.29, 1.82) is 0 Å². The third-order valence-corrected chi connectivity index (χ3v) is 8.66. The molecule has 0 bridgehead atoms. The summed E-state index contributed by atoms with van der Waals surface area (Å²) in [6, 6.07) is 50.0. The van der Waals surface area contributed by atoms with Gasteiger partial charge in [-0.15, -0.1) is 0 Å². The third kappa shape index (κ3) is 3.86. The summed E-state index contributed by atoms with van der Waals surface area (Å²) < 4.78 is 8.70. The van der Waals surface area contributed by atoms with Crippen molar-refractivity contribution in [2.45, 2.75) is 6.92 Å². The van der Waals surface area contributed by atoms with Gasteiger partial charge in [-0.3, -0.25) is 4.57 Å². The molecule has 2 heterocycles. The molecule has 0 spiro atoms. The molecule has 0 saturated carbocycles. The summed E-state index contributed by atoms with van der Waals surface area (Å²) in [6.07, 6.45) is 0. The van der Waals surface area contributed by atoms with Crippen LogP contribution in [0.15, 0.2) is 140 Å². The second kappa shape index (κ2) is 9.17. The van der Waals surface area contributed by atoms with Crippen LogP contribution in [0.4, 0.5) is 0 Å². The molecule has 3 nitrogen and oxygen atoms in total. The number of rotatable bonds is 3. The van der Waals surface area contributed by atoms with Crippen LogP contribution in [0.2, 0.25) is 0 Å². The number of fused-ring (bicyclic) bond motifs is 4. The number of ether oxygens (including phenoxy) is 1. The Labute approximate surface area is 249 Å². The Bertz CT molecular complexity index is 2300. The lowest BCUT2D eigenvalue weighted by Crippen LogP contribution is -2.05. The van der Waals surface area contributed by atoms with Gasteiger partial charge in [-0.2, -0.15) is 0 Å². The molecule has 202 valence electrons. The molecule has 0 fully saturated rings. The smallest absolute Gasteiger partial charge is 0.153 e. The zero-order valence-electron chi connectivity index (χ0n) is 23.6. The van der Waals surface area contributed by atoms with Crippen LogP contribution in [-0.2, 0) is 0 Å². The molecule has 0 radical (unpaired) electrons. The fourth-order valence-electron chi connectivity index (χ4n) is 6.53. The Balaban J connectivity index is 1.23. The number of para-hydroxylation sites is 1. The number of aromatic nitrogens is 2. The van der Waals surface area contributed by atoms with Crippen molar-refractivity contribution in [3.8, 4) is 50.6 Å².